The van der Waals surface area contributed by atoms with Gasteiger partial charge in [-0.3, -0.25) is 4.79 Å². The van der Waals surface area contributed by atoms with Crippen LogP contribution < -0.4 is 20.3 Å². The minimum Gasteiger partial charge on any atom is -0.484 e. The number of nitrogens with zero attached hydrogens (tertiary/aromatic N) is 3. The zero-order valence-corrected chi connectivity index (χ0v) is 18.0. The molecule has 1 aliphatic rings. The number of amides is 1. The van der Waals surface area contributed by atoms with Gasteiger partial charge in [0.2, 0.25) is 5.95 Å². The molecule has 1 aromatic heterocycles. The fraction of sp³-hybridized carbons (Fsp3) is 0.450. The van der Waals surface area contributed by atoms with E-state index in [4.69, 9.17) is 27.9 Å². The minimum atomic E-state index is -0.144. The number of benzene rings is 1. The first-order valence-electron chi connectivity index (χ1n) is 9.55. The summed E-state index contributed by atoms with van der Waals surface area (Å²) in [7, 11) is 3.90. The zero-order valence-electron chi connectivity index (χ0n) is 16.5. The van der Waals surface area contributed by atoms with Gasteiger partial charge >= 0.3 is 0 Å². The Morgan fingerprint density at radius 2 is 1.86 bits per heavy atom. The Bertz CT molecular complexity index is 841. The first-order chi connectivity index (χ1) is 13.9. The van der Waals surface area contributed by atoms with E-state index in [-0.39, 0.29) is 18.6 Å². The molecular weight excluding hydrogens is 413 g/mol. The summed E-state index contributed by atoms with van der Waals surface area (Å²) in [4.78, 5) is 22.9. The van der Waals surface area contributed by atoms with E-state index in [1.165, 1.54) is 0 Å². The molecule has 0 bridgehead atoms. The number of carbonyl (C=O) groups is 1. The SMILES string of the molecule is CN(C)c1ccnc(NC2CCC(NC(=O)COc3ccc(Cl)c(Cl)c3)CC2)n1. The van der Waals surface area contributed by atoms with Crippen LogP contribution in [0.25, 0.3) is 0 Å². The predicted molar refractivity (Wildman–Crippen MR) is 116 cm³/mol. The van der Waals surface area contributed by atoms with E-state index in [0.29, 0.717) is 27.8 Å². The van der Waals surface area contributed by atoms with Crippen molar-refractivity contribution in [3.8, 4) is 5.75 Å². The number of rotatable bonds is 7. The van der Waals surface area contributed by atoms with Crippen LogP contribution in [-0.2, 0) is 4.79 Å². The highest BCUT2D eigenvalue weighted by Crippen LogP contribution is 2.26. The van der Waals surface area contributed by atoms with Crippen molar-refractivity contribution in [2.45, 2.75) is 37.8 Å². The molecule has 1 aliphatic carbocycles. The summed E-state index contributed by atoms with van der Waals surface area (Å²) in [5, 5.41) is 7.28. The van der Waals surface area contributed by atoms with Crippen molar-refractivity contribution in [1.29, 1.82) is 0 Å². The number of aromatic nitrogens is 2. The van der Waals surface area contributed by atoms with Gasteiger partial charge in [-0.1, -0.05) is 23.2 Å². The maximum Gasteiger partial charge on any atom is 0.258 e. The van der Waals surface area contributed by atoms with E-state index in [2.05, 4.69) is 20.6 Å². The summed E-state index contributed by atoms with van der Waals surface area (Å²) in [5.74, 6) is 1.88. The second-order valence-electron chi connectivity index (χ2n) is 7.26. The van der Waals surface area contributed by atoms with Crippen molar-refractivity contribution < 1.29 is 9.53 Å². The lowest BCUT2D eigenvalue weighted by molar-refractivity contribution is -0.124. The number of hydrogen-bond donors (Lipinski definition) is 2. The van der Waals surface area contributed by atoms with Gasteiger partial charge in [-0.25, -0.2) is 4.98 Å². The van der Waals surface area contributed by atoms with E-state index < -0.39 is 0 Å². The fourth-order valence-corrected chi connectivity index (χ4v) is 3.51. The van der Waals surface area contributed by atoms with Crippen LogP contribution in [0.3, 0.4) is 0 Å². The van der Waals surface area contributed by atoms with Gasteiger partial charge < -0.3 is 20.3 Å². The Morgan fingerprint density at radius 1 is 1.14 bits per heavy atom. The van der Waals surface area contributed by atoms with Crippen LogP contribution in [-0.4, -0.2) is 48.7 Å². The maximum absolute atomic E-state index is 12.2. The van der Waals surface area contributed by atoms with Crippen molar-refractivity contribution in [1.82, 2.24) is 15.3 Å². The highest BCUT2D eigenvalue weighted by molar-refractivity contribution is 6.42. The van der Waals surface area contributed by atoms with Gasteiger partial charge in [0, 0.05) is 38.4 Å². The number of carbonyl (C=O) groups excluding carboxylic acids is 1. The molecule has 1 saturated carbocycles. The molecule has 0 radical (unpaired) electrons. The van der Waals surface area contributed by atoms with Crippen molar-refractivity contribution in [3.63, 3.8) is 0 Å². The monoisotopic (exact) mass is 437 g/mol. The molecule has 2 N–H and O–H groups in total. The van der Waals surface area contributed by atoms with Gasteiger partial charge in [0.05, 0.1) is 10.0 Å². The molecule has 9 heteroatoms. The third-order valence-corrected chi connectivity index (χ3v) is 5.52. The van der Waals surface area contributed by atoms with E-state index in [1.807, 2.05) is 25.1 Å². The molecule has 1 amide bonds. The number of anilines is 2. The molecule has 29 heavy (non-hydrogen) atoms. The highest BCUT2D eigenvalue weighted by Gasteiger charge is 2.23. The molecule has 7 nitrogen and oxygen atoms in total. The number of nitrogens with one attached hydrogen (secondary N) is 2. The first kappa shape index (κ1) is 21.5. The van der Waals surface area contributed by atoms with Crippen molar-refractivity contribution in [2.24, 2.45) is 0 Å². The second-order valence-corrected chi connectivity index (χ2v) is 8.07. The van der Waals surface area contributed by atoms with Crippen LogP contribution in [0.1, 0.15) is 25.7 Å². The van der Waals surface area contributed by atoms with Gasteiger partial charge in [-0.05, 0) is 43.9 Å². The molecule has 2 aromatic rings. The molecule has 0 saturated heterocycles. The number of hydrogen-bond acceptors (Lipinski definition) is 6. The summed E-state index contributed by atoms with van der Waals surface area (Å²) in [6.07, 6.45) is 5.42. The van der Waals surface area contributed by atoms with E-state index in [9.17, 15) is 4.79 Å². The second kappa shape index (κ2) is 9.98. The van der Waals surface area contributed by atoms with Crippen LogP contribution in [0.2, 0.25) is 10.0 Å². The summed E-state index contributed by atoms with van der Waals surface area (Å²) in [6, 6.07) is 7.24. The Kier molecular flexibility index (Phi) is 7.39. The first-order valence-corrected chi connectivity index (χ1v) is 10.3. The van der Waals surface area contributed by atoms with Crippen molar-refractivity contribution in [3.05, 3.63) is 40.5 Å². The average molecular weight is 438 g/mol. The summed E-state index contributed by atoms with van der Waals surface area (Å²) < 4.78 is 5.49. The van der Waals surface area contributed by atoms with Gasteiger partial charge in [0.15, 0.2) is 6.61 Å². The molecule has 0 spiro atoms. The Balaban J connectivity index is 1.40. The Labute approximate surface area is 180 Å². The molecule has 1 aromatic carbocycles. The van der Waals surface area contributed by atoms with Crippen LogP contribution in [0.15, 0.2) is 30.5 Å². The quantitative estimate of drug-likeness (QED) is 0.685. The lowest BCUT2D eigenvalue weighted by Gasteiger charge is -2.29. The third kappa shape index (κ3) is 6.37. The number of ether oxygens (including phenoxy) is 1. The Morgan fingerprint density at radius 3 is 2.55 bits per heavy atom. The summed E-state index contributed by atoms with van der Waals surface area (Å²) in [6.45, 7) is -0.0543. The lowest BCUT2D eigenvalue weighted by atomic mass is 9.91. The minimum absolute atomic E-state index is 0.0543. The van der Waals surface area contributed by atoms with Crippen LogP contribution in [0.4, 0.5) is 11.8 Å². The molecule has 1 heterocycles. The topological polar surface area (TPSA) is 79.4 Å². The zero-order chi connectivity index (χ0) is 20.8. The van der Waals surface area contributed by atoms with Crippen LogP contribution in [0.5, 0.6) is 5.75 Å². The fourth-order valence-electron chi connectivity index (χ4n) is 3.22. The third-order valence-electron chi connectivity index (χ3n) is 4.79. The van der Waals surface area contributed by atoms with E-state index in [1.54, 1.807) is 24.4 Å². The molecule has 1 fully saturated rings. The van der Waals surface area contributed by atoms with E-state index >= 15 is 0 Å². The van der Waals surface area contributed by atoms with Gasteiger partial charge in [0.1, 0.15) is 11.6 Å². The maximum atomic E-state index is 12.2. The molecule has 156 valence electrons. The molecule has 0 atom stereocenters. The van der Waals surface area contributed by atoms with Crippen LogP contribution in [0, 0.1) is 0 Å². The smallest absolute Gasteiger partial charge is 0.258 e. The average Bonchev–Trinajstić information content (AvgIpc) is 2.70. The molecule has 3 rings (SSSR count). The largest absolute Gasteiger partial charge is 0.484 e. The summed E-state index contributed by atoms with van der Waals surface area (Å²) in [5.41, 5.74) is 0. The summed E-state index contributed by atoms with van der Waals surface area (Å²) >= 11 is 11.8. The Hall–Kier alpha value is -2.25. The molecule has 0 aliphatic heterocycles. The van der Waals surface area contributed by atoms with Crippen LogP contribution >= 0.6 is 23.2 Å². The normalized spacial score (nSPS) is 18.8. The van der Waals surface area contributed by atoms with Crippen molar-refractivity contribution in [2.75, 3.05) is 30.9 Å². The highest BCUT2D eigenvalue weighted by atomic mass is 35.5. The molecular formula is C20H25Cl2N5O2. The predicted octanol–water partition coefficient (Wildman–Crippen LogP) is 3.77. The van der Waals surface area contributed by atoms with Gasteiger partial charge in [-0.15, -0.1) is 0 Å². The standard InChI is InChI=1S/C20H25Cl2N5O2/c1-27(2)18-9-10-23-20(26-18)25-14-5-3-13(4-6-14)24-19(28)12-29-15-7-8-16(21)17(22)11-15/h7-11,13-14H,3-6,12H2,1-2H3,(H,24,28)(H,23,25,26). The lowest BCUT2D eigenvalue weighted by Crippen LogP contribution is -2.42. The molecule has 0 unspecified atom stereocenters. The van der Waals surface area contributed by atoms with Gasteiger partial charge in [0.25, 0.3) is 5.91 Å². The van der Waals surface area contributed by atoms with E-state index in [0.717, 1.165) is 31.5 Å². The van der Waals surface area contributed by atoms with Crippen molar-refractivity contribution >= 4 is 40.9 Å². The number of halogens is 2. The van der Waals surface area contributed by atoms with Gasteiger partial charge in [-0.2, -0.15) is 4.98 Å².